The molecule has 3 aromatic carbocycles. The third kappa shape index (κ3) is 3.89. The first kappa shape index (κ1) is 19.3. The predicted octanol–water partition coefficient (Wildman–Crippen LogP) is 5.58. The maximum atomic E-state index is 12.8. The molecule has 1 aliphatic rings. The fraction of sp³-hybridized carbons (Fsp3) is 0.185. The van der Waals surface area contributed by atoms with E-state index >= 15 is 0 Å². The van der Waals surface area contributed by atoms with Crippen molar-refractivity contribution in [3.05, 3.63) is 102 Å². The number of nitrogens with zero attached hydrogens (tertiary/aromatic N) is 3. The van der Waals surface area contributed by atoms with Crippen LogP contribution in [0.5, 0.6) is 0 Å². The first-order valence-electron chi connectivity index (χ1n) is 10.7. The number of hydrogen-bond acceptors (Lipinski definition) is 2. The maximum Gasteiger partial charge on any atom is 0.227 e. The number of anilines is 1. The molecule has 1 aromatic heterocycles. The van der Waals surface area contributed by atoms with Gasteiger partial charge in [-0.05, 0) is 36.8 Å². The second-order valence-corrected chi connectivity index (χ2v) is 8.12. The Morgan fingerprint density at radius 3 is 2.52 bits per heavy atom. The number of para-hydroxylation sites is 2. The molecular formula is C27H25N3O. The molecule has 1 atom stereocenters. The van der Waals surface area contributed by atoms with Gasteiger partial charge < -0.3 is 9.47 Å². The summed E-state index contributed by atoms with van der Waals surface area (Å²) in [5, 5.41) is 0. The normalized spacial score (nSPS) is 16.6. The van der Waals surface area contributed by atoms with Crippen LogP contribution in [0.15, 0.2) is 84.9 Å². The summed E-state index contributed by atoms with van der Waals surface area (Å²) in [6.45, 7) is 3.44. The number of carbonyl (C=O) groups excluding carboxylic acids is 1. The first-order chi connectivity index (χ1) is 15.2. The quantitative estimate of drug-likeness (QED) is 0.433. The monoisotopic (exact) mass is 407 g/mol. The van der Waals surface area contributed by atoms with Gasteiger partial charge in [-0.3, -0.25) is 4.79 Å². The highest BCUT2D eigenvalue weighted by molar-refractivity contribution is 5.96. The number of aromatic nitrogens is 2. The SMILES string of the molecule is Cc1ccc(N2C[C@H](c3nc4ccccc4n3C/C=C/c3ccccc3)CC2=O)cc1. The fourth-order valence-corrected chi connectivity index (χ4v) is 4.31. The van der Waals surface area contributed by atoms with E-state index in [2.05, 4.69) is 54.0 Å². The molecule has 1 amide bonds. The summed E-state index contributed by atoms with van der Waals surface area (Å²) in [5.41, 5.74) is 5.42. The van der Waals surface area contributed by atoms with Gasteiger partial charge in [0.05, 0.1) is 11.0 Å². The van der Waals surface area contributed by atoms with E-state index in [1.807, 2.05) is 53.4 Å². The second kappa shape index (κ2) is 8.23. The van der Waals surface area contributed by atoms with Crippen LogP contribution in [0.2, 0.25) is 0 Å². The maximum absolute atomic E-state index is 12.8. The van der Waals surface area contributed by atoms with Gasteiger partial charge in [0, 0.05) is 31.1 Å². The van der Waals surface area contributed by atoms with Crippen molar-refractivity contribution in [3.63, 3.8) is 0 Å². The molecule has 0 radical (unpaired) electrons. The molecule has 1 fully saturated rings. The molecule has 4 nitrogen and oxygen atoms in total. The van der Waals surface area contributed by atoms with Gasteiger partial charge in [-0.1, -0.05) is 72.3 Å². The first-order valence-corrected chi connectivity index (χ1v) is 10.7. The number of hydrogen-bond donors (Lipinski definition) is 0. The van der Waals surface area contributed by atoms with Crippen molar-refractivity contribution >= 4 is 28.7 Å². The zero-order chi connectivity index (χ0) is 21.2. The molecule has 0 bridgehead atoms. The molecule has 0 unspecified atom stereocenters. The van der Waals surface area contributed by atoms with Crippen LogP contribution in [0.3, 0.4) is 0 Å². The van der Waals surface area contributed by atoms with Crippen molar-refractivity contribution in [3.8, 4) is 0 Å². The number of allylic oxidation sites excluding steroid dienone is 1. The Morgan fingerprint density at radius 2 is 1.71 bits per heavy atom. The van der Waals surface area contributed by atoms with Crippen LogP contribution >= 0.6 is 0 Å². The average molecular weight is 408 g/mol. The van der Waals surface area contributed by atoms with Gasteiger partial charge >= 0.3 is 0 Å². The zero-order valence-corrected chi connectivity index (χ0v) is 17.6. The Bertz CT molecular complexity index is 1240. The molecule has 1 saturated heterocycles. The summed E-state index contributed by atoms with van der Waals surface area (Å²) in [7, 11) is 0. The second-order valence-electron chi connectivity index (χ2n) is 8.12. The van der Waals surface area contributed by atoms with E-state index in [9.17, 15) is 4.79 Å². The number of rotatable bonds is 5. The largest absolute Gasteiger partial charge is 0.324 e. The van der Waals surface area contributed by atoms with E-state index in [1.165, 1.54) is 11.1 Å². The predicted molar refractivity (Wildman–Crippen MR) is 126 cm³/mol. The molecule has 0 aliphatic carbocycles. The lowest BCUT2D eigenvalue weighted by atomic mass is 10.1. The van der Waals surface area contributed by atoms with Crippen molar-refractivity contribution in [2.45, 2.75) is 25.8 Å². The Kier molecular flexibility index (Phi) is 5.13. The lowest BCUT2D eigenvalue weighted by Gasteiger charge is -2.17. The minimum atomic E-state index is 0.0753. The van der Waals surface area contributed by atoms with Crippen LogP contribution in [0.1, 0.15) is 29.3 Å². The minimum Gasteiger partial charge on any atom is -0.324 e. The van der Waals surface area contributed by atoms with Gasteiger partial charge in [-0.25, -0.2) is 4.98 Å². The molecule has 4 aromatic rings. The smallest absolute Gasteiger partial charge is 0.227 e. The van der Waals surface area contributed by atoms with Crippen molar-refractivity contribution < 1.29 is 4.79 Å². The van der Waals surface area contributed by atoms with E-state index in [1.54, 1.807) is 0 Å². The Hall–Kier alpha value is -3.66. The molecule has 31 heavy (non-hydrogen) atoms. The number of carbonyl (C=O) groups is 1. The molecule has 5 rings (SSSR count). The number of benzene rings is 3. The highest BCUT2D eigenvalue weighted by atomic mass is 16.2. The lowest BCUT2D eigenvalue weighted by molar-refractivity contribution is -0.117. The van der Waals surface area contributed by atoms with E-state index in [0.717, 1.165) is 29.1 Å². The Labute approximate surface area is 182 Å². The number of imidazole rings is 1. The van der Waals surface area contributed by atoms with Gasteiger partial charge in [0.2, 0.25) is 5.91 Å². The molecular weight excluding hydrogens is 382 g/mol. The number of amides is 1. The van der Waals surface area contributed by atoms with Crippen LogP contribution in [0.25, 0.3) is 17.1 Å². The molecule has 0 N–H and O–H groups in total. The summed E-state index contributed by atoms with van der Waals surface area (Å²) in [6.07, 6.45) is 4.79. The Balaban J connectivity index is 1.45. The van der Waals surface area contributed by atoms with Gasteiger partial charge in [-0.2, -0.15) is 0 Å². The summed E-state index contributed by atoms with van der Waals surface area (Å²) >= 11 is 0. The van der Waals surface area contributed by atoms with Gasteiger partial charge in [0.1, 0.15) is 5.82 Å². The number of aryl methyl sites for hydroxylation is 1. The van der Waals surface area contributed by atoms with Crippen LogP contribution in [-0.4, -0.2) is 22.0 Å². The van der Waals surface area contributed by atoms with Crippen LogP contribution in [0, 0.1) is 6.92 Å². The van der Waals surface area contributed by atoms with Crippen molar-refractivity contribution in [2.75, 3.05) is 11.4 Å². The summed E-state index contributed by atoms with van der Waals surface area (Å²) in [4.78, 5) is 19.7. The molecule has 4 heteroatoms. The van der Waals surface area contributed by atoms with Crippen molar-refractivity contribution in [2.24, 2.45) is 0 Å². The zero-order valence-electron chi connectivity index (χ0n) is 17.6. The third-order valence-corrected chi connectivity index (χ3v) is 5.92. The minimum absolute atomic E-state index is 0.0753. The van der Waals surface area contributed by atoms with Crippen molar-refractivity contribution in [1.29, 1.82) is 0 Å². The third-order valence-electron chi connectivity index (χ3n) is 5.92. The molecule has 0 saturated carbocycles. The lowest BCUT2D eigenvalue weighted by Crippen LogP contribution is -2.24. The molecule has 154 valence electrons. The summed E-state index contributed by atoms with van der Waals surface area (Å²) in [6, 6.07) is 26.7. The fourth-order valence-electron chi connectivity index (χ4n) is 4.31. The standard InChI is InChI=1S/C27H25N3O/c1-20-13-15-23(16-14-20)30-19-22(18-26(30)31)27-28-24-11-5-6-12-25(24)29(27)17-7-10-21-8-3-2-4-9-21/h2-16,22H,17-19H2,1H3/b10-7+/t22-/m1/s1. The van der Waals surface area contributed by atoms with Crippen LogP contribution in [0.4, 0.5) is 5.69 Å². The van der Waals surface area contributed by atoms with Gasteiger partial charge in [-0.15, -0.1) is 0 Å². The van der Waals surface area contributed by atoms with E-state index in [4.69, 9.17) is 4.98 Å². The average Bonchev–Trinajstić information content (AvgIpc) is 3.36. The van der Waals surface area contributed by atoms with Gasteiger partial charge in [0.15, 0.2) is 0 Å². The molecule has 1 aliphatic heterocycles. The Morgan fingerprint density at radius 1 is 0.968 bits per heavy atom. The molecule has 2 heterocycles. The topological polar surface area (TPSA) is 38.1 Å². The van der Waals surface area contributed by atoms with Crippen LogP contribution < -0.4 is 4.90 Å². The van der Waals surface area contributed by atoms with E-state index in [-0.39, 0.29) is 11.8 Å². The summed E-state index contributed by atoms with van der Waals surface area (Å²) < 4.78 is 2.26. The van der Waals surface area contributed by atoms with Crippen LogP contribution in [-0.2, 0) is 11.3 Å². The summed E-state index contributed by atoms with van der Waals surface area (Å²) in [5.74, 6) is 1.22. The van der Waals surface area contributed by atoms with Crippen molar-refractivity contribution in [1.82, 2.24) is 9.55 Å². The highest BCUT2D eigenvalue weighted by Gasteiger charge is 2.34. The highest BCUT2D eigenvalue weighted by Crippen LogP contribution is 2.33. The van der Waals surface area contributed by atoms with Gasteiger partial charge in [0.25, 0.3) is 0 Å². The van der Waals surface area contributed by atoms with E-state index in [0.29, 0.717) is 13.0 Å². The number of fused-ring (bicyclic) bond motifs is 1. The molecule has 0 spiro atoms. The van der Waals surface area contributed by atoms with E-state index < -0.39 is 0 Å².